The lowest BCUT2D eigenvalue weighted by molar-refractivity contribution is 0.100. The Morgan fingerprint density at radius 1 is 1.00 bits per heavy atom. The summed E-state index contributed by atoms with van der Waals surface area (Å²) < 4.78 is 15.9. The van der Waals surface area contributed by atoms with Crippen molar-refractivity contribution < 1.29 is 9.18 Å². The number of rotatable bonds is 5. The highest BCUT2D eigenvalue weighted by Crippen LogP contribution is 2.43. The van der Waals surface area contributed by atoms with Crippen molar-refractivity contribution in [1.29, 1.82) is 0 Å². The second-order valence-electron chi connectivity index (χ2n) is 10.5. The van der Waals surface area contributed by atoms with Crippen LogP contribution in [0.1, 0.15) is 41.3 Å². The molecule has 0 aliphatic carbocycles. The minimum atomic E-state index is -0.619. The Hall–Kier alpha value is -4.95. The Kier molecular flexibility index (Phi) is 6.58. The Labute approximate surface area is 244 Å². The number of halogens is 2. The highest BCUT2D eigenvalue weighted by atomic mass is 35.5. The van der Waals surface area contributed by atoms with Crippen LogP contribution in [0.3, 0.4) is 0 Å². The molecule has 3 N–H and O–H groups in total. The molecule has 6 rings (SSSR count). The number of carbonyl (C=O) groups is 1. The normalized spacial score (nSPS) is 11.6. The van der Waals surface area contributed by atoms with Crippen molar-refractivity contribution >= 4 is 39.3 Å². The van der Waals surface area contributed by atoms with E-state index in [1.54, 1.807) is 18.2 Å². The van der Waals surface area contributed by atoms with Gasteiger partial charge in [0, 0.05) is 39.1 Å². The van der Waals surface area contributed by atoms with Gasteiger partial charge in [-0.05, 0) is 72.0 Å². The van der Waals surface area contributed by atoms with E-state index < -0.39 is 23.0 Å². The fourth-order valence-electron chi connectivity index (χ4n) is 5.52. The zero-order valence-electron chi connectivity index (χ0n) is 23.0. The summed E-state index contributed by atoms with van der Waals surface area (Å²) in [5.74, 6) is -0.764. The van der Waals surface area contributed by atoms with Crippen LogP contribution in [0, 0.1) is 12.7 Å². The van der Waals surface area contributed by atoms with Gasteiger partial charge in [-0.25, -0.2) is 13.8 Å². The molecule has 0 fully saturated rings. The quantitative estimate of drug-likeness (QED) is 0.240. The van der Waals surface area contributed by atoms with Gasteiger partial charge in [0.05, 0.1) is 22.5 Å². The molecule has 0 aliphatic rings. The maximum Gasteiger partial charge on any atom is 0.340 e. The third kappa shape index (κ3) is 4.31. The molecule has 9 heteroatoms. The van der Waals surface area contributed by atoms with E-state index in [-0.39, 0.29) is 5.56 Å². The van der Waals surface area contributed by atoms with Crippen LogP contribution in [0.25, 0.3) is 44.3 Å². The van der Waals surface area contributed by atoms with Crippen LogP contribution in [0.2, 0.25) is 5.02 Å². The third-order valence-corrected chi connectivity index (χ3v) is 7.99. The van der Waals surface area contributed by atoms with E-state index in [1.165, 1.54) is 41.1 Å². The number of primary amides is 1. The molecule has 0 unspecified atom stereocenters. The van der Waals surface area contributed by atoms with Gasteiger partial charge >= 0.3 is 5.69 Å². The maximum atomic E-state index is 13.6. The molecule has 0 radical (unpaired) electrons. The SMILES string of the molecule is Cc1c(-c2c(Cl)cc(C(N)=O)c3[nH]c4cc(C(C)C)ccc4c23)cccc1-n1c(=O)ccn(-c2ccc(F)cc2)c1=O. The summed E-state index contributed by atoms with van der Waals surface area (Å²) >= 11 is 6.89. The van der Waals surface area contributed by atoms with E-state index in [2.05, 4.69) is 18.8 Å². The molecular formula is C33H26ClFN4O3. The number of benzene rings is 4. The lowest BCUT2D eigenvalue weighted by Crippen LogP contribution is -2.37. The van der Waals surface area contributed by atoms with Crippen molar-refractivity contribution in [2.24, 2.45) is 5.73 Å². The second kappa shape index (κ2) is 10.2. The Morgan fingerprint density at radius 3 is 2.43 bits per heavy atom. The van der Waals surface area contributed by atoms with Gasteiger partial charge in [-0.3, -0.25) is 14.2 Å². The topological polar surface area (TPSA) is 103 Å². The average molecular weight is 581 g/mol. The maximum absolute atomic E-state index is 13.6. The number of carbonyl (C=O) groups excluding carboxylic acids is 1. The molecule has 42 heavy (non-hydrogen) atoms. The molecule has 4 aromatic carbocycles. The summed E-state index contributed by atoms with van der Waals surface area (Å²) in [4.78, 5) is 42.6. The fourth-order valence-corrected chi connectivity index (χ4v) is 5.82. The first-order valence-corrected chi connectivity index (χ1v) is 13.7. The zero-order valence-corrected chi connectivity index (χ0v) is 23.8. The first kappa shape index (κ1) is 27.2. The number of fused-ring (bicyclic) bond motifs is 3. The molecule has 0 saturated carbocycles. The number of nitrogens with two attached hydrogens (primary N) is 1. The molecule has 0 bridgehead atoms. The van der Waals surface area contributed by atoms with E-state index in [0.717, 1.165) is 21.0 Å². The van der Waals surface area contributed by atoms with E-state index >= 15 is 0 Å². The Balaban J connectivity index is 1.64. The van der Waals surface area contributed by atoms with Gasteiger partial charge in [0.1, 0.15) is 5.82 Å². The molecule has 1 amide bonds. The number of H-pyrrole nitrogens is 1. The minimum absolute atomic E-state index is 0.260. The van der Waals surface area contributed by atoms with Crippen LogP contribution < -0.4 is 17.0 Å². The molecule has 0 saturated heterocycles. The summed E-state index contributed by atoms with van der Waals surface area (Å²) in [5, 5.41) is 1.87. The number of hydrogen-bond acceptors (Lipinski definition) is 3. The van der Waals surface area contributed by atoms with Crippen LogP contribution in [-0.4, -0.2) is 20.0 Å². The van der Waals surface area contributed by atoms with Crippen LogP contribution in [0.4, 0.5) is 4.39 Å². The largest absolute Gasteiger partial charge is 0.366 e. The predicted molar refractivity (Wildman–Crippen MR) is 165 cm³/mol. The van der Waals surface area contributed by atoms with Gasteiger partial charge in [0.15, 0.2) is 0 Å². The Morgan fingerprint density at radius 2 is 1.74 bits per heavy atom. The van der Waals surface area contributed by atoms with E-state index in [0.29, 0.717) is 49.9 Å². The lowest BCUT2D eigenvalue weighted by atomic mass is 9.92. The van der Waals surface area contributed by atoms with Gasteiger partial charge in [-0.15, -0.1) is 0 Å². The first-order valence-electron chi connectivity index (χ1n) is 13.4. The van der Waals surface area contributed by atoms with Gasteiger partial charge in [-0.2, -0.15) is 0 Å². The molecule has 2 aromatic heterocycles. The number of amides is 1. The fraction of sp³-hybridized carbons (Fsp3) is 0.121. The van der Waals surface area contributed by atoms with Crippen molar-refractivity contribution in [3.8, 4) is 22.5 Å². The summed E-state index contributed by atoms with van der Waals surface area (Å²) in [6.07, 6.45) is 1.37. The molecular weight excluding hydrogens is 555 g/mol. The minimum Gasteiger partial charge on any atom is -0.366 e. The number of nitrogens with zero attached hydrogens (tertiary/aromatic N) is 2. The predicted octanol–water partition coefficient (Wildman–Crippen LogP) is 6.61. The molecule has 6 aromatic rings. The van der Waals surface area contributed by atoms with Crippen LogP contribution in [-0.2, 0) is 0 Å². The number of aromatic amines is 1. The monoisotopic (exact) mass is 580 g/mol. The third-order valence-electron chi connectivity index (χ3n) is 7.69. The van der Waals surface area contributed by atoms with Crippen molar-refractivity contribution in [1.82, 2.24) is 14.1 Å². The number of nitrogens with one attached hydrogen (secondary N) is 1. The molecule has 7 nitrogen and oxygen atoms in total. The highest BCUT2D eigenvalue weighted by molar-refractivity contribution is 6.37. The van der Waals surface area contributed by atoms with Gasteiger partial charge < -0.3 is 10.7 Å². The van der Waals surface area contributed by atoms with Gasteiger partial charge in [0.25, 0.3) is 11.5 Å². The summed E-state index contributed by atoms with van der Waals surface area (Å²) in [6, 6.07) is 19.6. The van der Waals surface area contributed by atoms with Crippen molar-refractivity contribution in [3.63, 3.8) is 0 Å². The molecule has 0 atom stereocenters. The van der Waals surface area contributed by atoms with E-state index in [4.69, 9.17) is 17.3 Å². The van der Waals surface area contributed by atoms with Crippen LogP contribution >= 0.6 is 11.6 Å². The lowest BCUT2D eigenvalue weighted by Gasteiger charge is -2.17. The van der Waals surface area contributed by atoms with E-state index in [1.807, 2.05) is 31.2 Å². The number of hydrogen-bond donors (Lipinski definition) is 2. The van der Waals surface area contributed by atoms with Crippen LogP contribution in [0.15, 0.2) is 88.6 Å². The zero-order chi connectivity index (χ0) is 29.9. The first-order chi connectivity index (χ1) is 20.1. The van der Waals surface area contributed by atoms with Crippen molar-refractivity contribution in [3.05, 3.63) is 127 Å². The van der Waals surface area contributed by atoms with Crippen molar-refractivity contribution in [2.75, 3.05) is 0 Å². The Bertz CT molecular complexity index is 2180. The second-order valence-corrected chi connectivity index (χ2v) is 11.0. The highest BCUT2D eigenvalue weighted by Gasteiger charge is 2.23. The molecule has 0 spiro atoms. The average Bonchev–Trinajstić information content (AvgIpc) is 3.33. The molecule has 0 aliphatic heterocycles. The van der Waals surface area contributed by atoms with Crippen molar-refractivity contribution in [2.45, 2.75) is 26.7 Å². The standard InChI is InChI=1S/C33H26ClFN4O3/c1-17(2)19-7-12-23-26(15-19)37-31-24(32(36)41)16-25(34)29(30(23)31)22-5-4-6-27(18(22)3)39-28(40)13-14-38(33(39)42)21-10-8-20(35)9-11-21/h4-17,37H,1-3H3,(H2,36,41). The van der Waals surface area contributed by atoms with Gasteiger partial charge in [0.2, 0.25) is 0 Å². The van der Waals surface area contributed by atoms with Gasteiger partial charge in [-0.1, -0.05) is 49.7 Å². The number of aromatic nitrogens is 3. The molecule has 2 heterocycles. The summed E-state index contributed by atoms with van der Waals surface area (Å²) in [7, 11) is 0. The van der Waals surface area contributed by atoms with Crippen LogP contribution in [0.5, 0.6) is 0 Å². The summed E-state index contributed by atoms with van der Waals surface area (Å²) in [5.41, 5.74) is 10.1. The summed E-state index contributed by atoms with van der Waals surface area (Å²) in [6.45, 7) is 6.01. The van der Waals surface area contributed by atoms with E-state index in [9.17, 15) is 18.8 Å². The smallest absolute Gasteiger partial charge is 0.340 e. The molecule has 210 valence electrons.